The minimum atomic E-state index is -1.15. The number of amides is 2. The Hall–Kier alpha value is -2.63. The maximum absolute atomic E-state index is 12.3. The van der Waals surface area contributed by atoms with E-state index in [-0.39, 0.29) is 12.2 Å². The van der Waals surface area contributed by atoms with Gasteiger partial charge >= 0.3 is 5.97 Å². The molecule has 6 heteroatoms. The van der Waals surface area contributed by atoms with Gasteiger partial charge < -0.3 is 15.8 Å². The van der Waals surface area contributed by atoms with Crippen LogP contribution in [0.15, 0.2) is 41.6 Å². The number of ether oxygens (including phenoxy) is 1. The molecule has 0 aliphatic carbocycles. The Morgan fingerprint density at radius 1 is 1.27 bits per heavy atom. The molecule has 116 valence electrons. The molecule has 0 saturated carbocycles. The number of carbonyl (C=O) groups is 3. The predicted octanol–water partition coefficient (Wildman–Crippen LogP) is 0.839. The zero-order chi connectivity index (χ0) is 16.3. The number of allylic oxidation sites excluding steroid dienone is 1. The van der Waals surface area contributed by atoms with Crippen LogP contribution in [0.4, 0.5) is 0 Å². The average molecular weight is 302 g/mol. The van der Waals surface area contributed by atoms with Crippen LogP contribution in [0.1, 0.15) is 25.3 Å². The molecule has 0 saturated heterocycles. The lowest BCUT2D eigenvalue weighted by atomic mass is 9.76. The highest BCUT2D eigenvalue weighted by atomic mass is 16.5. The minimum absolute atomic E-state index is 0.201. The second-order valence-corrected chi connectivity index (χ2v) is 5.02. The fourth-order valence-electron chi connectivity index (χ4n) is 2.68. The molecule has 2 atom stereocenters. The van der Waals surface area contributed by atoms with E-state index in [1.807, 2.05) is 6.07 Å². The van der Waals surface area contributed by atoms with E-state index in [9.17, 15) is 14.4 Å². The van der Waals surface area contributed by atoms with Gasteiger partial charge in [0.2, 0.25) is 11.8 Å². The standard InChI is InChI=1S/C16H18N2O4/c1-3-22-16(21)11-9(2)18-15(20)13(14(17)19)12(11)10-7-5-4-6-8-10/h4-8,12-13H,3H2,1-2H3,(H2,17,19)(H,18,20)/t12-,13-/m0/s1. The molecule has 0 fully saturated rings. The molecule has 1 heterocycles. The van der Waals surface area contributed by atoms with E-state index in [4.69, 9.17) is 10.5 Å². The van der Waals surface area contributed by atoms with Gasteiger partial charge in [0.15, 0.2) is 0 Å². The lowest BCUT2D eigenvalue weighted by Crippen LogP contribution is -2.47. The van der Waals surface area contributed by atoms with Crippen molar-refractivity contribution >= 4 is 17.8 Å². The minimum Gasteiger partial charge on any atom is -0.463 e. The first-order chi connectivity index (χ1) is 10.5. The molecule has 0 bridgehead atoms. The molecule has 0 unspecified atom stereocenters. The number of nitrogens with one attached hydrogen (secondary N) is 1. The molecule has 1 aromatic carbocycles. The summed E-state index contributed by atoms with van der Waals surface area (Å²) in [5.41, 5.74) is 6.71. The molecule has 0 spiro atoms. The monoisotopic (exact) mass is 302 g/mol. The van der Waals surface area contributed by atoms with Crippen LogP contribution in [-0.4, -0.2) is 24.4 Å². The van der Waals surface area contributed by atoms with Crippen molar-refractivity contribution < 1.29 is 19.1 Å². The Labute approximate surface area is 128 Å². The van der Waals surface area contributed by atoms with Crippen LogP contribution in [0.2, 0.25) is 0 Å². The Bertz CT molecular complexity index is 637. The van der Waals surface area contributed by atoms with Crippen molar-refractivity contribution in [2.24, 2.45) is 11.7 Å². The number of hydrogen-bond acceptors (Lipinski definition) is 4. The summed E-state index contributed by atoms with van der Waals surface area (Å²) in [5.74, 6) is -3.73. The number of nitrogens with two attached hydrogens (primary N) is 1. The third-order valence-corrected chi connectivity index (χ3v) is 3.60. The van der Waals surface area contributed by atoms with Gasteiger partial charge in [-0.25, -0.2) is 4.79 Å². The van der Waals surface area contributed by atoms with Gasteiger partial charge in [0.25, 0.3) is 0 Å². The molecule has 22 heavy (non-hydrogen) atoms. The second kappa shape index (κ2) is 6.43. The average Bonchev–Trinajstić information content (AvgIpc) is 2.47. The van der Waals surface area contributed by atoms with E-state index in [0.29, 0.717) is 11.3 Å². The zero-order valence-corrected chi connectivity index (χ0v) is 12.5. The number of benzene rings is 1. The van der Waals surface area contributed by atoms with Gasteiger partial charge in [-0.2, -0.15) is 0 Å². The third kappa shape index (κ3) is 2.86. The van der Waals surface area contributed by atoms with E-state index in [0.717, 1.165) is 0 Å². The van der Waals surface area contributed by atoms with Gasteiger partial charge in [0.05, 0.1) is 12.2 Å². The third-order valence-electron chi connectivity index (χ3n) is 3.60. The second-order valence-electron chi connectivity index (χ2n) is 5.02. The quantitative estimate of drug-likeness (QED) is 0.636. The summed E-state index contributed by atoms with van der Waals surface area (Å²) in [7, 11) is 0. The lowest BCUT2D eigenvalue weighted by Gasteiger charge is -2.31. The zero-order valence-electron chi connectivity index (χ0n) is 12.5. The SMILES string of the molecule is CCOC(=O)C1=C(C)NC(=O)[C@H](C(N)=O)[C@H]1c1ccccc1. The molecule has 1 aromatic rings. The highest BCUT2D eigenvalue weighted by Crippen LogP contribution is 2.37. The molecule has 3 N–H and O–H groups in total. The summed E-state index contributed by atoms with van der Waals surface area (Å²) < 4.78 is 5.07. The Morgan fingerprint density at radius 3 is 2.45 bits per heavy atom. The van der Waals surface area contributed by atoms with Crippen molar-refractivity contribution in [2.45, 2.75) is 19.8 Å². The van der Waals surface area contributed by atoms with Gasteiger partial charge in [-0.3, -0.25) is 9.59 Å². The van der Waals surface area contributed by atoms with Crippen molar-refractivity contribution in [3.8, 4) is 0 Å². The summed E-state index contributed by atoms with van der Waals surface area (Å²) >= 11 is 0. The first-order valence-corrected chi connectivity index (χ1v) is 7.00. The number of primary amides is 1. The van der Waals surface area contributed by atoms with Gasteiger partial charge in [-0.15, -0.1) is 0 Å². The largest absolute Gasteiger partial charge is 0.463 e. The van der Waals surface area contributed by atoms with Crippen molar-refractivity contribution in [3.63, 3.8) is 0 Å². The van der Waals surface area contributed by atoms with Gasteiger partial charge in [-0.1, -0.05) is 30.3 Å². The topological polar surface area (TPSA) is 98.5 Å². The van der Waals surface area contributed by atoms with Crippen LogP contribution < -0.4 is 11.1 Å². The number of hydrogen-bond donors (Lipinski definition) is 2. The first-order valence-electron chi connectivity index (χ1n) is 7.00. The van der Waals surface area contributed by atoms with Crippen LogP contribution in [0.3, 0.4) is 0 Å². The first kappa shape index (κ1) is 15.8. The fraction of sp³-hybridized carbons (Fsp3) is 0.312. The van der Waals surface area contributed by atoms with E-state index in [1.165, 1.54) is 0 Å². The fourth-order valence-corrected chi connectivity index (χ4v) is 2.68. The van der Waals surface area contributed by atoms with E-state index < -0.39 is 29.6 Å². The van der Waals surface area contributed by atoms with Crippen molar-refractivity contribution in [1.82, 2.24) is 5.32 Å². The van der Waals surface area contributed by atoms with E-state index >= 15 is 0 Å². The van der Waals surface area contributed by atoms with Crippen molar-refractivity contribution in [3.05, 3.63) is 47.2 Å². The van der Waals surface area contributed by atoms with E-state index in [1.54, 1.807) is 38.1 Å². The smallest absolute Gasteiger partial charge is 0.336 e. The Morgan fingerprint density at radius 2 is 1.91 bits per heavy atom. The molecular formula is C16H18N2O4. The molecule has 2 rings (SSSR count). The molecular weight excluding hydrogens is 284 g/mol. The van der Waals surface area contributed by atoms with E-state index in [2.05, 4.69) is 5.32 Å². The lowest BCUT2D eigenvalue weighted by molar-refractivity contribution is -0.140. The number of rotatable bonds is 4. The molecule has 1 aliphatic heterocycles. The molecule has 1 aliphatic rings. The predicted molar refractivity (Wildman–Crippen MR) is 79.3 cm³/mol. The van der Waals surface area contributed by atoms with Crippen LogP contribution in [0.5, 0.6) is 0 Å². The summed E-state index contributed by atoms with van der Waals surface area (Å²) in [6.45, 7) is 3.50. The van der Waals surface area contributed by atoms with Crippen LogP contribution >= 0.6 is 0 Å². The van der Waals surface area contributed by atoms with Gasteiger partial charge in [-0.05, 0) is 19.4 Å². The summed E-state index contributed by atoms with van der Waals surface area (Å²) in [6, 6.07) is 8.87. The van der Waals surface area contributed by atoms with Crippen molar-refractivity contribution in [2.75, 3.05) is 6.61 Å². The number of carbonyl (C=O) groups excluding carboxylic acids is 3. The molecule has 6 nitrogen and oxygen atoms in total. The molecule has 0 radical (unpaired) electrons. The Kier molecular flexibility index (Phi) is 4.60. The van der Waals surface area contributed by atoms with Crippen molar-refractivity contribution in [1.29, 1.82) is 0 Å². The van der Waals surface area contributed by atoms with Crippen LogP contribution in [0.25, 0.3) is 0 Å². The van der Waals surface area contributed by atoms with Crippen LogP contribution in [0, 0.1) is 5.92 Å². The highest BCUT2D eigenvalue weighted by Gasteiger charge is 2.43. The summed E-state index contributed by atoms with van der Waals surface area (Å²) in [5, 5.41) is 2.54. The van der Waals surface area contributed by atoms with Crippen LogP contribution in [-0.2, 0) is 19.1 Å². The van der Waals surface area contributed by atoms with Gasteiger partial charge in [0.1, 0.15) is 5.92 Å². The summed E-state index contributed by atoms with van der Waals surface area (Å²) in [4.78, 5) is 36.2. The normalized spacial score (nSPS) is 21.3. The van der Waals surface area contributed by atoms with Gasteiger partial charge in [0, 0.05) is 11.6 Å². The maximum Gasteiger partial charge on any atom is 0.336 e. The molecule has 0 aromatic heterocycles. The molecule has 2 amide bonds. The Balaban J connectivity index is 2.60. The summed E-state index contributed by atoms with van der Waals surface area (Å²) in [6.07, 6.45) is 0. The maximum atomic E-state index is 12.3. The highest BCUT2D eigenvalue weighted by molar-refractivity contribution is 6.06. The number of esters is 1.